The maximum absolute atomic E-state index is 2.52. The van der Waals surface area contributed by atoms with Crippen molar-refractivity contribution in [3.63, 3.8) is 0 Å². The molecule has 1 nitrogen and oxygen atoms in total. The summed E-state index contributed by atoms with van der Waals surface area (Å²) in [5.74, 6) is 0. The number of nitrogens with zero attached hydrogens (tertiary/aromatic N) is 1. The highest BCUT2D eigenvalue weighted by Gasteiger charge is 2.51. The zero-order chi connectivity index (χ0) is 39.7. The van der Waals surface area contributed by atoms with Gasteiger partial charge < -0.3 is 4.90 Å². The van der Waals surface area contributed by atoms with Gasteiger partial charge in [0.25, 0.3) is 0 Å². The third-order valence-corrected chi connectivity index (χ3v) is 15.0. The fourth-order valence-corrected chi connectivity index (χ4v) is 12.4. The number of fused-ring (bicyclic) bond motifs is 16. The number of hydrogen-bond acceptors (Lipinski definition) is 2. The minimum Gasteiger partial charge on any atom is -0.310 e. The van der Waals surface area contributed by atoms with Gasteiger partial charge in [-0.15, -0.1) is 11.3 Å². The minimum absolute atomic E-state index is 0.137. The number of benzene rings is 9. The summed E-state index contributed by atoms with van der Waals surface area (Å²) in [5.41, 5.74) is 21.5. The van der Waals surface area contributed by atoms with Crippen LogP contribution in [0, 0.1) is 0 Å². The van der Waals surface area contributed by atoms with E-state index in [0.717, 1.165) is 17.1 Å². The summed E-state index contributed by atoms with van der Waals surface area (Å²) in [6.07, 6.45) is 0. The van der Waals surface area contributed by atoms with E-state index in [1.54, 1.807) is 0 Å². The standard InChI is InChI=1S/C58H39NS/c1-57(2)48-31-28-37(34-47(48)56-40(21-14-25-52(56)57)36-15-4-3-5-16-36)59(38-29-32-55-46(33-38)45-20-9-13-26-54(45)60-55)39-27-30-44-43-19-8-12-24-51(43)58(53(44)35-39)49-22-10-6-17-41(49)42-18-7-11-23-50(42)58/h3-35H,1-2H3. The Bertz CT molecular complexity index is 3360. The van der Waals surface area contributed by atoms with Crippen LogP contribution in [0.25, 0.3) is 64.7 Å². The molecular weight excluding hydrogens is 743 g/mol. The van der Waals surface area contributed by atoms with Crippen LogP contribution >= 0.6 is 11.3 Å². The minimum atomic E-state index is -0.431. The van der Waals surface area contributed by atoms with Crippen molar-refractivity contribution >= 4 is 48.6 Å². The lowest BCUT2D eigenvalue weighted by Crippen LogP contribution is -2.26. The molecule has 3 aliphatic carbocycles. The highest BCUT2D eigenvalue weighted by molar-refractivity contribution is 7.25. The molecule has 2 heteroatoms. The lowest BCUT2D eigenvalue weighted by Gasteiger charge is -2.32. The molecule has 282 valence electrons. The molecule has 0 unspecified atom stereocenters. The molecule has 0 N–H and O–H groups in total. The normalized spacial score (nSPS) is 14.4. The van der Waals surface area contributed by atoms with Gasteiger partial charge in [-0.05, 0) is 126 Å². The van der Waals surface area contributed by atoms with Gasteiger partial charge >= 0.3 is 0 Å². The molecule has 0 aliphatic heterocycles. The third-order valence-electron chi connectivity index (χ3n) is 13.9. The van der Waals surface area contributed by atoms with E-state index in [1.807, 2.05) is 11.3 Å². The van der Waals surface area contributed by atoms with E-state index in [4.69, 9.17) is 0 Å². The van der Waals surface area contributed by atoms with Crippen molar-refractivity contribution in [1.29, 1.82) is 0 Å². The Morgan fingerprint density at radius 3 is 1.62 bits per heavy atom. The van der Waals surface area contributed by atoms with Crippen LogP contribution in [0.5, 0.6) is 0 Å². The van der Waals surface area contributed by atoms with Crippen LogP contribution < -0.4 is 4.90 Å². The Balaban J connectivity index is 1.09. The fraction of sp³-hybridized carbons (Fsp3) is 0.0690. The number of thiophene rings is 1. The van der Waals surface area contributed by atoms with Gasteiger partial charge in [-0.1, -0.05) is 166 Å². The summed E-state index contributed by atoms with van der Waals surface area (Å²) >= 11 is 1.87. The van der Waals surface area contributed by atoms with Crippen molar-refractivity contribution in [2.75, 3.05) is 4.90 Å². The van der Waals surface area contributed by atoms with Crippen LogP contribution in [-0.2, 0) is 10.8 Å². The molecule has 1 heterocycles. The average Bonchev–Trinajstić information content (AvgIpc) is 3.99. The Hall–Kier alpha value is -7.00. The SMILES string of the molecule is CC1(C)c2ccc(N(c3ccc4c(c3)C3(c5ccccc5-c5ccccc53)c3ccccc3-4)c3ccc4sc5ccccc5c4c3)cc2-c2c(-c3ccccc3)cccc21. The van der Waals surface area contributed by atoms with Crippen molar-refractivity contribution in [2.45, 2.75) is 24.7 Å². The molecule has 0 atom stereocenters. The summed E-state index contributed by atoms with van der Waals surface area (Å²) in [5, 5.41) is 2.60. The van der Waals surface area contributed by atoms with Gasteiger partial charge in [0, 0.05) is 42.6 Å². The van der Waals surface area contributed by atoms with Crippen LogP contribution in [0.2, 0.25) is 0 Å². The summed E-state index contributed by atoms with van der Waals surface area (Å²) in [6.45, 7) is 4.77. The van der Waals surface area contributed by atoms with E-state index in [2.05, 4.69) is 219 Å². The van der Waals surface area contributed by atoms with Crippen molar-refractivity contribution in [1.82, 2.24) is 0 Å². The summed E-state index contributed by atoms with van der Waals surface area (Å²) in [6, 6.07) is 75.5. The highest BCUT2D eigenvalue weighted by atomic mass is 32.1. The van der Waals surface area contributed by atoms with Crippen LogP contribution in [0.3, 0.4) is 0 Å². The van der Waals surface area contributed by atoms with Crippen molar-refractivity contribution < 1.29 is 0 Å². The maximum atomic E-state index is 2.52. The number of anilines is 3. The smallest absolute Gasteiger partial charge is 0.0726 e. The van der Waals surface area contributed by atoms with Gasteiger partial charge in [-0.2, -0.15) is 0 Å². The quantitative estimate of drug-likeness (QED) is 0.172. The molecule has 0 saturated heterocycles. The molecule has 0 fully saturated rings. The molecule has 9 aromatic carbocycles. The summed E-state index contributed by atoms with van der Waals surface area (Å²) in [4.78, 5) is 2.52. The molecule has 0 radical (unpaired) electrons. The van der Waals surface area contributed by atoms with Crippen LogP contribution in [-0.4, -0.2) is 0 Å². The third kappa shape index (κ3) is 4.41. The molecule has 0 bridgehead atoms. The molecular formula is C58H39NS. The molecule has 3 aliphatic rings. The lowest BCUT2D eigenvalue weighted by atomic mass is 9.70. The molecule has 1 aromatic heterocycles. The fourth-order valence-electron chi connectivity index (χ4n) is 11.3. The monoisotopic (exact) mass is 781 g/mol. The first-order valence-electron chi connectivity index (χ1n) is 21.0. The van der Waals surface area contributed by atoms with Crippen LogP contribution in [0.15, 0.2) is 200 Å². The lowest BCUT2D eigenvalue weighted by molar-refractivity contribution is 0.660. The van der Waals surface area contributed by atoms with Crippen molar-refractivity contribution in [3.05, 3.63) is 234 Å². The summed E-state index contributed by atoms with van der Waals surface area (Å²) in [7, 11) is 0. The van der Waals surface area contributed by atoms with Gasteiger partial charge in [-0.25, -0.2) is 0 Å². The van der Waals surface area contributed by atoms with Gasteiger partial charge in [0.2, 0.25) is 0 Å². The second-order valence-electron chi connectivity index (χ2n) is 17.2. The Morgan fingerprint density at radius 1 is 0.350 bits per heavy atom. The zero-order valence-electron chi connectivity index (χ0n) is 33.4. The molecule has 10 aromatic rings. The first-order valence-corrected chi connectivity index (χ1v) is 21.8. The predicted octanol–water partition coefficient (Wildman–Crippen LogP) is 15.8. The van der Waals surface area contributed by atoms with Gasteiger partial charge in [0.15, 0.2) is 0 Å². The Morgan fingerprint density at radius 2 is 0.883 bits per heavy atom. The molecule has 0 saturated carbocycles. The topological polar surface area (TPSA) is 3.24 Å². The number of rotatable bonds is 4. The van der Waals surface area contributed by atoms with E-state index < -0.39 is 5.41 Å². The second kappa shape index (κ2) is 12.3. The number of hydrogen-bond donors (Lipinski definition) is 0. The van der Waals surface area contributed by atoms with Crippen LogP contribution in [0.4, 0.5) is 17.1 Å². The first-order chi connectivity index (χ1) is 29.5. The van der Waals surface area contributed by atoms with Gasteiger partial charge in [0.05, 0.1) is 5.41 Å². The van der Waals surface area contributed by atoms with E-state index >= 15 is 0 Å². The molecule has 13 rings (SSSR count). The van der Waals surface area contributed by atoms with E-state index in [9.17, 15) is 0 Å². The highest BCUT2D eigenvalue weighted by Crippen LogP contribution is 2.63. The molecule has 1 spiro atoms. The van der Waals surface area contributed by atoms with E-state index in [1.165, 1.54) is 98.1 Å². The molecule has 0 amide bonds. The zero-order valence-corrected chi connectivity index (χ0v) is 34.2. The summed E-state index contributed by atoms with van der Waals surface area (Å²) < 4.78 is 2.62. The van der Waals surface area contributed by atoms with Crippen LogP contribution in [0.1, 0.15) is 47.2 Å². The molecule has 60 heavy (non-hydrogen) atoms. The Labute approximate surface area is 354 Å². The van der Waals surface area contributed by atoms with E-state index in [-0.39, 0.29) is 5.41 Å². The van der Waals surface area contributed by atoms with Gasteiger partial charge in [0.1, 0.15) is 0 Å². The van der Waals surface area contributed by atoms with E-state index in [0.29, 0.717) is 0 Å². The van der Waals surface area contributed by atoms with Crippen molar-refractivity contribution in [2.24, 2.45) is 0 Å². The Kier molecular flexibility index (Phi) is 6.94. The largest absolute Gasteiger partial charge is 0.310 e. The predicted molar refractivity (Wildman–Crippen MR) is 253 cm³/mol. The second-order valence-corrected chi connectivity index (χ2v) is 18.3. The average molecular weight is 782 g/mol. The van der Waals surface area contributed by atoms with Crippen molar-refractivity contribution in [3.8, 4) is 44.5 Å². The van der Waals surface area contributed by atoms with Gasteiger partial charge in [-0.3, -0.25) is 0 Å². The maximum Gasteiger partial charge on any atom is 0.0726 e. The first kappa shape index (κ1) is 33.9.